The molecule has 2 aromatic heterocycles. The van der Waals surface area contributed by atoms with E-state index in [-0.39, 0.29) is 5.69 Å². The minimum atomic E-state index is -0.434. The summed E-state index contributed by atoms with van der Waals surface area (Å²) < 4.78 is 20.8. The minimum absolute atomic E-state index is 0.159. The van der Waals surface area contributed by atoms with E-state index < -0.39 is 5.91 Å². The molecule has 1 amide bonds. The third kappa shape index (κ3) is 4.11. The molecule has 28 heavy (non-hydrogen) atoms. The number of amides is 1. The zero-order valence-electron chi connectivity index (χ0n) is 15.8. The van der Waals surface area contributed by atoms with Crippen LogP contribution in [0.3, 0.4) is 0 Å². The summed E-state index contributed by atoms with van der Waals surface area (Å²) >= 11 is 0. The van der Waals surface area contributed by atoms with Gasteiger partial charge in [0.05, 0.1) is 21.3 Å². The van der Waals surface area contributed by atoms with Gasteiger partial charge in [-0.2, -0.15) is 0 Å². The van der Waals surface area contributed by atoms with Crippen molar-refractivity contribution in [2.75, 3.05) is 32.0 Å². The lowest BCUT2D eigenvalue weighted by Crippen LogP contribution is -2.14. The van der Waals surface area contributed by atoms with Gasteiger partial charge in [-0.25, -0.2) is 9.97 Å². The molecule has 1 aromatic carbocycles. The Morgan fingerprint density at radius 3 is 2.25 bits per heavy atom. The van der Waals surface area contributed by atoms with E-state index in [0.717, 1.165) is 0 Å². The first-order valence-corrected chi connectivity index (χ1v) is 8.17. The van der Waals surface area contributed by atoms with Crippen LogP contribution in [0.4, 0.5) is 17.3 Å². The molecule has 0 saturated heterocycles. The van der Waals surface area contributed by atoms with Crippen molar-refractivity contribution in [3.05, 3.63) is 42.0 Å². The Morgan fingerprint density at radius 2 is 1.68 bits per heavy atom. The highest BCUT2D eigenvalue weighted by molar-refractivity contribution is 6.03. The molecular formula is C18H19N5O5. The maximum Gasteiger partial charge on any atom is 0.274 e. The Labute approximate surface area is 160 Å². The standard InChI is InChI=1S/C18H19N5O5/c1-10-5-16(23-28-10)22-15-8-12(19-9-20-15)18(24)21-11-6-13(25-2)17(27-4)14(7-11)26-3/h5-9H,1-4H3,(H,21,24)(H,19,20,22,23). The molecule has 0 aliphatic carbocycles. The van der Waals surface area contributed by atoms with E-state index >= 15 is 0 Å². The van der Waals surface area contributed by atoms with Gasteiger partial charge in [0.15, 0.2) is 17.3 Å². The molecule has 0 bridgehead atoms. The summed E-state index contributed by atoms with van der Waals surface area (Å²) in [6.07, 6.45) is 1.28. The van der Waals surface area contributed by atoms with E-state index in [1.54, 1.807) is 25.1 Å². The monoisotopic (exact) mass is 385 g/mol. The molecule has 2 heterocycles. The lowest BCUT2D eigenvalue weighted by molar-refractivity contribution is 0.102. The number of aromatic nitrogens is 3. The number of benzene rings is 1. The van der Waals surface area contributed by atoms with Crippen LogP contribution in [-0.2, 0) is 0 Å². The molecule has 0 fully saturated rings. The largest absolute Gasteiger partial charge is 0.493 e. The van der Waals surface area contributed by atoms with Crippen LogP contribution in [0.25, 0.3) is 0 Å². The second kappa shape index (κ2) is 8.25. The highest BCUT2D eigenvalue weighted by atomic mass is 16.5. The molecule has 0 saturated carbocycles. The van der Waals surface area contributed by atoms with E-state index in [4.69, 9.17) is 18.7 Å². The summed E-state index contributed by atoms with van der Waals surface area (Å²) in [6, 6.07) is 6.45. The number of rotatable bonds is 7. The maximum absolute atomic E-state index is 12.6. The average molecular weight is 385 g/mol. The van der Waals surface area contributed by atoms with E-state index in [1.165, 1.54) is 33.7 Å². The molecule has 0 aliphatic rings. The van der Waals surface area contributed by atoms with Crippen LogP contribution in [0, 0.1) is 6.92 Å². The topological polar surface area (TPSA) is 121 Å². The number of nitrogens with one attached hydrogen (secondary N) is 2. The summed E-state index contributed by atoms with van der Waals surface area (Å²) in [5.41, 5.74) is 0.617. The van der Waals surface area contributed by atoms with Crippen molar-refractivity contribution in [2.45, 2.75) is 6.92 Å². The lowest BCUT2D eigenvalue weighted by atomic mass is 10.2. The molecule has 0 aliphatic heterocycles. The van der Waals surface area contributed by atoms with Crippen molar-refractivity contribution in [1.82, 2.24) is 15.1 Å². The summed E-state index contributed by atoms with van der Waals surface area (Å²) in [5.74, 6) is 2.37. The van der Waals surface area contributed by atoms with Crippen LogP contribution in [0.1, 0.15) is 16.2 Å². The van der Waals surface area contributed by atoms with E-state index in [9.17, 15) is 4.79 Å². The van der Waals surface area contributed by atoms with Crippen molar-refractivity contribution in [3.63, 3.8) is 0 Å². The Bertz CT molecular complexity index is 963. The number of carbonyl (C=O) groups excluding carboxylic acids is 1. The molecule has 0 radical (unpaired) electrons. The van der Waals surface area contributed by atoms with E-state index in [0.29, 0.717) is 40.3 Å². The number of anilines is 3. The number of methoxy groups -OCH3 is 3. The number of aryl methyl sites for hydroxylation is 1. The van der Waals surface area contributed by atoms with Crippen LogP contribution in [-0.4, -0.2) is 42.4 Å². The minimum Gasteiger partial charge on any atom is -0.493 e. The second-order valence-electron chi connectivity index (χ2n) is 5.60. The van der Waals surface area contributed by atoms with Gasteiger partial charge in [-0.15, -0.1) is 0 Å². The second-order valence-corrected chi connectivity index (χ2v) is 5.60. The average Bonchev–Trinajstić information content (AvgIpc) is 3.11. The molecule has 3 rings (SSSR count). The normalized spacial score (nSPS) is 10.3. The van der Waals surface area contributed by atoms with Crippen LogP contribution >= 0.6 is 0 Å². The molecule has 0 spiro atoms. The Balaban J connectivity index is 1.80. The summed E-state index contributed by atoms with van der Waals surface area (Å²) in [5, 5.41) is 9.51. The van der Waals surface area contributed by atoms with Crippen molar-refractivity contribution >= 4 is 23.2 Å². The highest BCUT2D eigenvalue weighted by Gasteiger charge is 2.16. The van der Waals surface area contributed by atoms with Gasteiger partial charge in [-0.3, -0.25) is 4.79 Å². The number of hydrogen-bond donors (Lipinski definition) is 2. The fraction of sp³-hybridized carbons (Fsp3) is 0.222. The van der Waals surface area contributed by atoms with Crippen molar-refractivity contribution in [3.8, 4) is 17.2 Å². The number of hydrogen-bond acceptors (Lipinski definition) is 9. The molecule has 10 heteroatoms. The Kier molecular flexibility index (Phi) is 5.58. The van der Waals surface area contributed by atoms with Gasteiger partial charge < -0.3 is 29.4 Å². The van der Waals surface area contributed by atoms with E-state index in [1.807, 2.05) is 0 Å². The van der Waals surface area contributed by atoms with E-state index in [2.05, 4.69) is 25.8 Å². The van der Waals surface area contributed by atoms with Gasteiger partial charge in [0.1, 0.15) is 23.6 Å². The summed E-state index contributed by atoms with van der Waals surface area (Å²) in [7, 11) is 4.50. The van der Waals surface area contributed by atoms with Crippen LogP contribution in [0.15, 0.2) is 35.1 Å². The van der Waals surface area contributed by atoms with Gasteiger partial charge in [0.25, 0.3) is 5.91 Å². The highest BCUT2D eigenvalue weighted by Crippen LogP contribution is 2.40. The van der Waals surface area contributed by atoms with Gasteiger partial charge in [-0.05, 0) is 6.92 Å². The zero-order chi connectivity index (χ0) is 20.1. The molecule has 2 N–H and O–H groups in total. The van der Waals surface area contributed by atoms with Gasteiger partial charge >= 0.3 is 0 Å². The zero-order valence-corrected chi connectivity index (χ0v) is 15.8. The first kappa shape index (κ1) is 19.0. The van der Waals surface area contributed by atoms with Crippen LogP contribution in [0.2, 0.25) is 0 Å². The molecule has 146 valence electrons. The Hall–Kier alpha value is -3.82. The smallest absolute Gasteiger partial charge is 0.274 e. The molecule has 0 unspecified atom stereocenters. The first-order chi connectivity index (χ1) is 13.5. The third-order valence-corrected chi connectivity index (χ3v) is 3.71. The number of ether oxygens (including phenoxy) is 3. The predicted octanol–water partition coefficient (Wildman–Crippen LogP) is 2.79. The Morgan fingerprint density at radius 1 is 0.964 bits per heavy atom. The lowest BCUT2D eigenvalue weighted by Gasteiger charge is -2.14. The molecule has 3 aromatic rings. The quantitative estimate of drug-likeness (QED) is 0.632. The molecule has 0 atom stereocenters. The van der Waals surface area contributed by atoms with Gasteiger partial charge in [0, 0.05) is 30.0 Å². The fourth-order valence-corrected chi connectivity index (χ4v) is 2.45. The summed E-state index contributed by atoms with van der Waals surface area (Å²) in [4.78, 5) is 20.7. The fourth-order valence-electron chi connectivity index (χ4n) is 2.45. The van der Waals surface area contributed by atoms with Crippen LogP contribution in [0.5, 0.6) is 17.2 Å². The number of nitrogens with zero attached hydrogens (tertiary/aromatic N) is 3. The van der Waals surface area contributed by atoms with Crippen molar-refractivity contribution < 1.29 is 23.5 Å². The first-order valence-electron chi connectivity index (χ1n) is 8.17. The summed E-state index contributed by atoms with van der Waals surface area (Å²) in [6.45, 7) is 1.77. The van der Waals surface area contributed by atoms with Crippen LogP contribution < -0.4 is 24.8 Å². The molecule has 10 nitrogen and oxygen atoms in total. The number of carbonyl (C=O) groups is 1. The third-order valence-electron chi connectivity index (χ3n) is 3.71. The SMILES string of the molecule is COc1cc(NC(=O)c2cc(Nc3cc(C)on3)ncn2)cc(OC)c1OC. The van der Waals surface area contributed by atoms with Crippen molar-refractivity contribution in [2.24, 2.45) is 0 Å². The van der Waals surface area contributed by atoms with Gasteiger partial charge in [-0.1, -0.05) is 5.16 Å². The molecular weight excluding hydrogens is 366 g/mol. The van der Waals surface area contributed by atoms with Crippen molar-refractivity contribution in [1.29, 1.82) is 0 Å². The van der Waals surface area contributed by atoms with Gasteiger partial charge in [0.2, 0.25) is 5.75 Å². The maximum atomic E-state index is 12.6. The predicted molar refractivity (Wildman–Crippen MR) is 101 cm³/mol.